The molecule has 47 heavy (non-hydrogen) atoms. The van der Waals surface area contributed by atoms with E-state index in [0.29, 0.717) is 56.3 Å². The third kappa shape index (κ3) is 8.02. The largest absolute Gasteiger partial charge is 0.367 e. The van der Waals surface area contributed by atoms with Crippen LogP contribution >= 0.6 is 11.6 Å². The number of benzene rings is 4. The minimum atomic E-state index is -0.742. The van der Waals surface area contributed by atoms with E-state index >= 15 is 0 Å². The molecule has 0 bridgehead atoms. The first-order valence-corrected chi connectivity index (χ1v) is 16.6. The first kappa shape index (κ1) is 32.3. The predicted octanol–water partition coefficient (Wildman–Crippen LogP) is 4.58. The minimum Gasteiger partial charge on any atom is -0.367 e. The van der Waals surface area contributed by atoms with Crippen LogP contribution in [-0.4, -0.2) is 67.9 Å². The van der Waals surface area contributed by atoms with Crippen molar-refractivity contribution in [2.24, 2.45) is 0 Å². The van der Waals surface area contributed by atoms with Gasteiger partial charge in [0, 0.05) is 56.4 Å². The molecular formula is C38H40ClN5O3. The van der Waals surface area contributed by atoms with Gasteiger partial charge in [-0.3, -0.25) is 14.4 Å². The molecule has 9 heteroatoms. The van der Waals surface area contributed by atoms with Crippen LogP contribution in [0.2, 0.25) is 5.02 Å². The van der Waals surface area contributed by atoms with E-state index in [2.05, 4.69) is 39.0 Å². The van der Waals surface area contributed by atoms with Crippen molar-refractivity contribution in [2.45, 2.75) is 31.3 Å². The lowest BCUT2D eigenvalue weighted by molar-refractivity contribution is -0.137. The number of anilines is 1. The van der Waals surface area contributed by atoms with E-state index in [1.165, 1.54) is 5.56 Å². The minimum absolute atomic E-state index is 0.112. The summed E-state index contributed by atoms with van der Waals surface area (Å²) in [5.41, 5.74) is 5.65. The van der Waals surface area contributed by atoms with E-state index in [9.17, 15) is 14.4 Å². The molecule has 2 aliphatic heterocycles. The normalized spacial score (nSPS) is 16.6. The lowest BCUT2D eigenvalue weighted by Gasteiger charge is -2.38. The van der Waals surface area contributed by atoms with Gasteiger partial charge < -0.3 is 25.8 Å². The van der Waals surface area contributed by atoms with Crippen molar-refractivity contribution >= 4 is 35.0 Å². The van der Waals surface area contributed by atoms with Crippen molar-refractivity contribution < 1.29 is 14.4 Å². The van der Waals surface area contributed by atoms with Crippen molar-refractivity contribution in [3.63, 3.8) is 0 Å². The van der Waals surface area contributed by atoms with Crippen molar-refractivity contribution in [3.8, 4) is 0 Å². The summed E-state index contributed by atoms with van der Waals surface area (Å²) >= 11 is 6.13. The van der Waals surface area contributed by atoms with E-state index in [-0.39, 0.29) is 17.7 Å². The number of nitrogens with zero attached hydrogens (tertiary/aromatic N) is 2. The summed E-state index contributed by atoms with van der Waals surface area (Å²) in [6.07, 6.45) is 1.96. The topological polar surface area (TPSA) is 93.8 Å². The molecule has 242 valence electrons. The molecule has 1 fully saturated rings. The molecule has 2 atom stereocenters. The van der Waals surface area contributed by atoms with Gasteiger partial charge in [-0.05, 0) is 59.4 Å². The summed E-state index contributed by atoms with van der Waals surface area (Å²) in [7, 11) is 0. The van der Waals surface area contributed by atoms with Crippen LogP contribution < -0.4 is 20.9 Å². The summed E-state index contributed by atoms with van der Waals surface area (Å²) in [5, 5.41) is 10.1. The Morgan fingerprint density at radius 1 is 0.809 bits per heavy atom. The van der Waals surface area contributed by atoms with E-state index < -0.39 is 12.1 Å². The van der Waals surface area contributed by atoms with Gasteiger partial charge in [-0.15, -0.1) is 0 Å². The molecular weight excluding hydrogens is 610 g/mol. The summed E-state index contributed by atoms with van der Waals surface area (Å²) < 4.78 is 0. The Balaban J connectivity index is 1.11. The number of carbonyl (C=O) groups excluding carboxylic acids is 3. The summed E-state index contributed by atoms with van der Waals surface area (Å²) in [4.78, 5) is 44.9. The first-order chi connectivity index (χ1) is 23.0. The van der Waals surface area contributed by atoms with Gasteiger partial charge in [0.2, 0.25) is 11.8 Å². The molecule has 0 spiro atoms. The summed E-state index contributed by atoms with van der Waals surface area (Å²) in [5.74, 6) is -0.446. The molecule has 0 radical (unpaired) electrons. The Morgan fingerprint density at radius 3 is 2.30 bits per heavy atom. The number of hydrogen-bond donors (Lipinski definition) is 3. The van der Waals surface area contributed by atoms with Crippen LogP contribution in [0.25, 0.3) is 0 Å². The molecule has 4 aromatic carbocycles. The highest BCUT2D eigenvalue weighted by atomic mass is 35.5. The average molecular weight is 650 g/mol. The molecule has 1 saturated heterocycles. The Labute approximate surface area is 281 Å². The third-order valence-corrected chi connectivity index (χ3v) is 9.21. The first-order valence-electron chi connectivity index (χ1n) is 16.3. The number of amides is 3. The Morgan fingerprint density at radius 2 is 1.51 bits per heavy atom. The fourth-order valence-electron chi connectivity index (χ4n) is 6.44. The number of nitrogens with one attached hydrogen (secondary N) is 3. The van der Waals surface area contributed by atoms with E-state index in [0.717, 1.165) is 35.2 Å². The molecule has 1 unspecified atom stereocenters. The van der Waals surface area contributed by atoms with Crippen molar-refractivity contribution in [1.29, 1.82) is 0 Å². The third-order valence-electron chi connectivity index (χ3n) is 8.96. The molecule has 0 aliphatic carbocycles. The molecule has 3 N–H and O–H groups in total. The summed E-state index contributed by atoms with van der Waals surface area (Å²) in [6, 6.07) is 31.8. The SMILES string of the molecule is O=C(NCCc1ccccc1)c1ccccc1N1CCN(C(=O)[C@@H](Cc2ccc(Cl)cc2)NC(=O)C2NCCc3ccccc32)CC1. The molecule has 3 amide bonds. The molecule has 2 aliphatic rings. The van der Waals surface area contributed by atoms with Gasteiger partial charge in [-0.25, -0.2) is 0 Å². The van der Waals surface area contributed by atoms with Crippen LogP contribution in [0.3, 0.4) is 0 Å². The van der Waals surface area contributed by atoms with E-state index in [1.807, 2.05) is 77.7 Å². The Hall–Kier alpha value is -4.66. The van der Waals surface area contributed by atoms with Gasteiger partial charge in [0.05, 0.1) is 5.56 Å². The van der Waals surface area contributed by atoms with Crippen LogP contribution in [0.4, 0.5) is 5.69 Å². The number of para-hydroxylation sites is 1. The zero-order valence-electron chi connectivity index (χ0n) is 26.3. The smallest absolute Gasteiger partial charge is 0.253 e. The second-order valence-corrected chi connectivity index (χ2v) is 12.5. The van der Waals surface area contributed by atoms with Gasteiger partial charge >= 0.3 is 0 Å². The Bertz CT molecular complexity index is 1690. The number of halogens is 1. The maximum atomic E-state index is 14.1. The zero-order chi connectivity index (χ0) is 32.6. The molecule has 2 heterocycles. The van der Waals surface area contributed by atoms with Crippen LogP contribution in [0.1, 0.15) is 38.7 Å². The van der Waals surface area contributed by atoms with Crippen LogP contribution in [0, 0.1) is 0 Å². The molecule has 4 aromatic rings. The number of fused-ring (bicyclic) bond motifs is 1. The van der Waals surface area contributed by atoms with Gasteiger partial charge in [0.1, 0.15) is 12.1 Å². The number of rotatable bonds is 10. The number of hydrogen-bond acceptors (Lipinski definition) is 5. The van der Waals surface area contributed by atoms with Crippen LogP contribution in [-0.2, 0) is 28.9 Å². The van der Waals surface area contributed by atoms with Gasteiger partial charge in [-0.1, -0.05) is 90.5 Å². The molecule has 0 aromatic heterocycles. The lowest BCUT2D eigenvalue weighted by atomic mass is 9.93. The molecule has 8 nitrogen and oxygen atoms in total. The van der Waals surface area contributed by atoms with Gasteiger partial charge in [0.15, 0.2) is 0 Å². The van der Waals surface area contributed by atoms with Gasteiger partial charge in [-0.2, -0.15) is 0 Å². The summed E-state index contributed by atoms with van der Waals surface area (Å²) in [6.45, 7) is 3.32. The second-order valence-electron chi connectivity index (χ2n) is 12.0. The molecule has 6 rings (SSSR count). The monoisotopic (exact) mass is 649 g/mol. The highest BCUT2D eigenvalue weighted by Crippen LogP contribution is 2.25. The quantitative estimate of drug-likeness (QED) is 0.234. The van der Waals surface area contributed by atoms with Crippen molar-refractivity contribution in [2.75, 3.05) is 44.2 Å². The maximum absolute atomic E-state index is 14.1. The van der Waals surface area contributed by atoms with Crippen molar-refractivity contribution in [1.82, 2.24) is 20.9 Å². The number of carbonyl (C=O) groups is 3. The lowest BCUT2D eigenvalue weighted by Crippen LogP contribution is -2.57. The highest BCUT2D eigenvalue weighted by molar-refractivity contribution is 6.30. The highest BCUT2D eigenvalue weighted by Gasteiger charge is 2.33. The van der Waals surface area contributed by atoms with Crippen molar-refractivity contribution in [3.05, 3.63) is 136 Å². The average Bonchev–Trinajstić information content (AvgIpc) is 3.12. The second kappa shape index (κ2) is 15.3. The Kier molecular flexibility index (Phi) is 10.5. The van der Waals surface area contributed by atoms with Gasteiger partial charge in [0.25, 0.3) is 5.91 Å². The number of piperazine rings is 1. The maximum Gasteiger partial charge on any atom is 0.253 e. The fourth-order valence-corrected chi connectivity index (χ4v) is 6.57. The van der Waals surface area contributed by atoms with Crippen LogP contribution in [0.15, 0.2) is 103 Å². The predicted molar refractivity (Wildman–Crippen MR) is 186 cm³/mol. The fraction of sp³-hybridized carbons (Fsp3) is 0.289. The van der Waals surface area contributed by atoms with Crippen LogP contribution in [0.5, 0.6) is 0 Å². The zero-order valence-corrected chi connectivity index (χ0v) is 27.1. The molecule has 0 saturated carbocycles. The standard InChI is InChI=1S/C38H40ClN5O3/c39-30-16-14-28(15-17-30)26-33(42-37(46)35-31-11-5-4-10-29(31)19-21-40-35)38(47)44-24-22-43(23-25-44)34-13-7-6-12-32(34)36(45)41-20-18-27-8-2-1-3-9-27/h1-17,33,35,40H,18-26H2,(H,41,45)(H,42,46)/t33-,35?/m1/s1. The van der Waals surface area contributed by atoms with E-state index in [4.69, 9.17) is 11.6 Å². The van der Waals surface area contributed by atoms with E-state index in [1.54, 1.807) is 12.1 Å².